The fourth-order valence-electron chi connectivity index (χ4n) is 4.81. The average Bonchev–Trinajstić information content (AvgIpc) is 3.30. The summed E-state index contributed by atoms with van der Waals surface area (Å²) in [6, 6.07) is 23.3. The minimum absolute atomic E-state index is 0.0178. The van der Waals surface area contributed by atoms with Gasteiger partial charge in [-0.1, -0.05) is 42.8 Å². The number of fused-ring (bicyclic) bond motifs is 1. The zero-order chi connectivity index (χ0) is 27.6. The Balaban J connectivity index is 1.40. The van der Waals surface area contributed by atoms with E-state index in [1.165, 1.54) is 6.07 Å². The summed E-state index contributed by atoms with van der Waals surface area (Å²) in [5.41, 5.74) is 7.64. The van der Waals surface area contributed by atoms with Gasteiger partial charge in [0.05, 0.1) is 15.9 Å². The fraction of sp³-hybridized carbons (Fsp3) is 0.167. The summed E-state index contributed by atoms with van der Waals surface area (Å²) in [5.74, 6) is 0.963. The van der Waals surface area contributed by atoms with Gasteiger partial charge in [0.25, 0.3) is 10.0 Å². The van der Waals surface area contributed by atoms with E-state index in [0.717, 1.165) is 51.2 Å². The maximum absolute atomic E-state index is 12.5. The van der Waals surface area contributed by atoms with Gasteiger partial charge in [-0.05, 0) is 84.5 Å². The normalized spacial score (nSPS) is 11.5. The topological polar surface area (TPSA) is 114 Å². The molecule has 0 bridgehead atoms. The highest BCUT2D eigenvalue weighted by atomic mass is 32.2. The van der Waals surface area contributed by atoms with Crippen LogP contribution in [0.15, 0.2) is 90.1 Å². The minimum Gasteiger partial charge on any atom is -0.464 e. The highest BCUT2D eigenvalue weighted by molar-refractivity contribution is 7.90. The minimum atomic E-state index is -4.16. The molecule has 0 unspecified atom stereocenters. The van der Waals surface area contributed by atoms with E-state index < -0.39 is 16.1 Å². The van der Waals surface area contributed by atoms with Crippen molar-refractivity contribution in [3.63, 3.8) is 0 Å². The zero-order valence-corrected chi connectivity index (χ0v) is 22.4. The number of carbonyl (C=O) groups is 1. The van der Waals surface area contributed by atoms with Gasteiger partial charge in [-0.3, -0.25) is 9.55 Å². The van der Waals surface area contributed by atoms with Gasteiger partial charge < -0.3 is 5.11 Å². The predicted molar refractivity (Wildman–Crippen MR) is 151 cm³/mol. The summed E-state index contributed by atoms with van der Waals surface area (Å²) in [7, 11) is -4.16. The van der Waals surface area contributed by atoms with Crippen LogP contribution in [0.3, 0.4) is 0 Å². The molecule has 0 saturated carbocycles. The molecule has 3 aromatic carbocycles. The van der Waals surface area contributed by atoms with Gasteiger partial charge in [0.1, 0.15) is 5.82 Å². The lowest BCUT2D eigenvalue weighted by Gasteiger charge is -2.12. The van der Waals surface area contributed by atoms with Crippen molar-refractivity contribution in [2.24, 2.45) is 0 Å². The Labute approximate surface area is 227 Å². The molecule has 0 fully saturated rings. The van der Waals surface area contributed by atoms with Crippen LogP contribution in [-0.4, -0.2) is 34.2 Å². The molecule has 39 heavy (non-hydrogen) atoms. The molecule has 0 radical (unpaired) electrons. The van der Waals surface area contributed by atoms with Crippen LogP contribution in [0.25, 0.3) is 27.8 Å². The number of rotatable bonds is 8. The number of carboxylic acid groups (broad SMARTS) is 1. The van der Waals surface area contributed by atoms with Gasteiger partial charge in [0.2, 0.25) is 0 Å². The van der Waals surface area contributed by atoms with Crippen molar-refractivity contribution in [3.8, 4) is 16.8 Å². The van der Waals surface area contributed by atoms with Crippen LogP contribution in [0.2, 0.25) is 0 Å². The van der Waals surface area contributed by atoms with E-state index in [4.69, 9.17) is 10.1 Å². The molecule has 2 heterocycles. The Morgan fingerprint density at radius 3 is 2.36 bits per heavy atom. The molecule has 8 nitrogen and oxygen atoms in total. The van der Waals surface area contributed by atoms with Crippen molar-refractivity contribution in [2.45, 2.75) is 38.0 Å². The van der Waals surface area contributed by atoms with Crippen LogP contribution in [0.5, 0.6) is 0 Å². The summed E-state index contributed by atoms with van der Waals surface area (Å²) >= 11 is 0. The van der Waals surface area contributed by atoms with E-state index in [0.29, 0.717) is 18.4 Å². The largest absolute Gasteiger partial charge is 0.464 e. The summed E-state index contributed by atoms with van der Waals surface area (Å²) in [5, 5.41) is 8.94. The fourth-order valence-corrected chi connectivity index (χ4v) is 5.90. The van der Waals surface area contributed by atoms with Gasteiger partial charge in [-0.15, -0.1) is 0 Å². The summed E-state index contributed by atoms with van der Waals surface area (Å²) < 4.78 is 28.9. The Morgan fingerprint density at radius 1 is 0.923 bits per heavy atom. The van der Waals surface area contributed by atoms with Gasteiger partial charge >= 0.3 is 6.09 Å². The van der Waals surface area contributed by atoms with Crippen molar-refractivity contribution in [2.75, 3.05) is 0 Å². The predicted octanol–water partition coefficient (Wildman–Crippen LogP) is 5.70. The highest BCUT2D eigenvalue weighted by Gasteiger charge is 2.21. The third kappa shape index (κ3) is 5.53. The molecule has 0 aliphatic rings. The number of pyridine rings is 1. The molecule has 9 heteroatoms. The second-order valence-corrected chi connectivity index (χ2v) is 11.0. The molecule has 0 aliphatic carbocycles. The highest BCUT2D eigenvalue weighted by Crippen LogP contribution is 2.28. The Hall–Kier alpha value is -4.50. The van der Waals surface area contributed by atoms with E-state index in [1.807, 2.05) is 43.3 Å². The van der Waals surface area contributed by atoms with Gasteiger partial charge in [-0.25, -0.2) is 22.9 Å². The first-order chi connectivity index (χ1) is 18.7. The van der Waals surface area contributed by atoms with Crippen LogP contribution in [0.4, 0.5) is 4.79 Å². The third-order valence-corrected chi connectivity index (χ3v) is 8.08. The van der Waals surface area contributed by atoms with Crippen molar-refractivity contribution in [1.82, 2.24) is 19.3 Å². The van der Waals surface area contributed by atoms with Crippen molar-refractivity contribution in [3.05, 3.63) is 108 Å². The number of nitrogens with zero attached hydrogens (tertiary/aromatic N) is 3. The van der Waals surface area contributed by atoms with Gasteiger partial charge in [0, 0.05) is 24.5 Å². The van der Waals surface area contributed by atoms with Crippen molar-refractivity contribution in [1.29, 1.82) is 0 Å². The number of amides is 1. The molecule has 198 valence electrons. The molecule has 2 N–H and O–H groups in total. The van der Waals surface area contributed by atoms with Crippen LogP contribution in [0, 0.1) is 6.92 Å². The molecule has 0 aliphatic heterocycles. The van der Waals surface area contributed by atoms with Crippen molar-refractivity contribution < 1.29 is 18.3 Å². The molecule has 1 amide bonds. The molecule has 5 rings (SSSR count). The van der Waals surface area contributed by atoms with Crippen LogP contribution < -0.4 is 4.72 Å². The maximum atomic E-state index is 12.5. The third-order valence-electron chi connectivity index (χ3n) is 6.66. The first-order valence-corrected chi connectivity index (χ1v) is 14.1. The second kappa shape index (κ2) is 10.7. The number of aromatic nitrogens is 3. The first kappa shape index (κ1) is 26.1. The summed E-state index contributed by atoms with van der Waals surface area (Å²) in [6.45, 7) is 3.96. The van der Waals surface area contributed by atoms with E-state index in [-0.39, 0.29) is 4.90 Å². The number of nitrogens with one attached hydrogen (secondary N) is 1. The molecule has 0 atom stereocenters. The van der Waals surface area contributed by atoms with Gasteiger partial charge in [-0.2, -0.15) is 0 Å². The number of hydrogen-bond donors (Lipinski definition) is 2. The van der Waals surface area contributed by atoms with Crippen LogP contribution in [-0.2, 0) is 29.3 Å². The Morgan fingerprint density at radius 2 is 1.67 bits per heavy atom. The molecule has 0 saturated heterocycles. The van der Waals surface area contributed by atoms with E-state index in [1.54, 1.807) is 29.2 Å². The molecule has 2 aromatic heterocycles. The number of benzene rings is 3. The van der Waals surface area contributed by atoms with Crippen LogP contribution in [0.1, 0.15) is 29.4 Å². The maximum Gasteiger partial charge on any atom is 0.418 e. The SMILES string of the molecule is CCc1nc2cc(-c3ccncc3)ccc2n1-c1ccc(CCc2cc(C)ccc2S(=O)(=O)NC(=O)O)cc1. The van der Waals surface area contributed by atoms with E-state index in [2.05, 4.69) is 34.7 Å². The lowest BCUT2D eigenvalue weighted by Crippen LogP contribution is -2.29. The molecule has 5 aromatic rings. The quantitative estimate of drug-likeness (QED) is 0.261. The van der Waals surface area contributed by atoms with Gasteiger partial charge in [0.15, 0.2) is 0 Å². The van der Waals surface area contributed by atoms with Crippen LogP contribution >= 0.6 is 0 Å². The molecule has 0 spiro atoms. The first-order valence-electron chi connectivity index (χ1n) is 12.6. The Bertz CT molecular complexity index is 1760. The molecular formula is C30H28N4O4S. The smallest absolute Gasteiger partial charge is 0.418 e. The monoisotopic (exact) mass is 540 g/mol. The lowest BCUT2D eigenvalue weighted by molar-refractivity contribution is 0.201. The molecular weight excluding hydrogens is 512 g/mol. The summed E-state index contributed by atoms with van der Waals surface area (Å²) in [4.78, 5) is 20.0. The van der Waals surface area contributed by atoms with E-state index in [9.17, 15) is 13.2 Å². The van der Waals surface area contributed by atoms with E-state index >= 15 is 0 Å². The van der Waals surface area contributed by atoms with Crippen molar-refractivity contribution >= 4 is 27.1 Å². The lowest BCUT2D eigenvalue weighted by atomic mass is 10.0. The second-order valence-electron chi connectivity index (χ2n) is 9.34. The number of imidazole rings is 1. The zero-order valence-electron chi connectivity index (χ0n) is 21.6. The standard InChI is InChI=1S/C30H28N4O4S/c1-3-29-32-26-19-23(22-14-16-31-17-15-22)9-12-27(26)34(29)25-10-6-21(7-11-25)5-8-24-18-20(2)4-13-28(24)39(37,38)33-30(35)36/h4,6-7,9-19,33H,3,5,8H2,1-2H3,(H,35,36). The average molecular weight is 541 g/mol. The number of hydrogen-bond acceptors (Lipinski definition) is 5. The summed E-state index contributed by atoms with van der Waals surface area (Å²) in [6.07, 6.45) is 3.77. The number of sulfonamides is 1. The Kier molecular flexibility index (Phi) is 7.17. The number of aryl methyl sites for hydroxylation is 4.